The number of rotatable bonds is 3. The Morgan fingerprint density at radius 2 is 1.86 bits per heavy atom. The molecule has 5 nitrogen and oxygen atoms in total. The highest BCUT2D eigenvalue weighted by Gasteiger charge is 2.12. The van der Waals surface area contributed by atoms with Gasteiger partial charge in [-0.3, -0.25) is 15.6 Å². The van der Waals surface area contributed by atoms with E-state index in [4.69, 9.17) is 12.2 Å². The molecule has 0 aliphatic rings. The number of carbonyl (C=O) groups excluding carboxylic acids is 1. The van der Waals surface area contributed by atoms with Gasteiger partial charge in [-0.25, -0.2) is 0 Å². The van der Waals surface area contributed by atoms with Crippen molar-refractivity contribution in [3.63, 3.8) is 0 Å². The van der Waals surface area contributed by atoms with Crippen molar-refractivity contribution in [2.75, 3.05) is 6.54 Å². The molecule has 0 heterocycles. The van der Waals surface area contributed by atoms with E-state index >= 15 is 0 Å². The van der Waals surface area contributed by atoms with Crippen molar-refractivity contribution in [3.8, 4) is 5.75 Å². The Morgan fingerprint density at radius 1 is 1.23 bits per heavy atom. The summed E-state index contributed by atoms with van der Waals surface area (Å²) in [7, 11) is 0. The van der Waals surface area contributed by atoms with Crippen LogP contribution in [0.1, 0.15) is 17.3 Å². The fourth-order valence-corrected chi connectivity index (χ4v) is 1.99. The van der Waals surface area contributed by atoms with E-state index in [2.05, 4.69) is 22.7 Å². The first-order chi connectivity index (χ1) is 10.5. The highest BCUT2D eigenvalue weighted by molar-refractivity contribution is 7.80. The second-order valence-corrected chi connectivity index (χ2v) is 5.34. The van der Waals surface area contributed by atoms with E-state index in [0.29, 0.717) is 6.54 Å². The lowest BCUT2D eigenvalue weighted by Gasteiger charge is -2.12. The zero-order valence-electron chi connectivity index (χ0n) is 12.1. The molecule has 2 aromatic carbocycles. The van der Waals surface area contributed by atoms with Crippen LogP contribution in [0.3, 0.4) is 0 Å². The van der Waals surface area contributed by atoms with Gasteiger partial charge >= 0.3 is 0 Å². The lowest BCUT2D eigenvalue weighted by atomic mass is 10.1. The quantitative estimate of drug-likeness (QED) is 0.397. The van der Waals surface area contributed by atoms with Gasteiger partial charge in [-0.15, -0.1) is 0 Å². The molecule has 2 aromatic rings. The van der Waals surface area contributed by atoms with Crippen molar-refractivity contribution in [2.24, 2.45) is 0 Å². The van der Waals surface area contributed by atoms with Gasteiger partial charge in [0.1, 0.15) is 5.75 Å². The molecule has 0 aliphatic heterocycles. The Bertz CT molecular complexity index is 743. The summed E-state index contributed by atoms with van der Waals surface area (Å²) in [6.07, 6.45) is 0. The largest absolute Gasteiger partial charge is 0.507 e. The summed E-state index contributed by atoms with van der Waals surface area (Å²) < 4.78 is 0. The monoisotopic (exact) mass is 315 g/mol. The molecular weight excluding hydrogens is 298 g/mol. The van der Waals surface area contributed by atoms with Gasteiger partial charge in [-0.2, -0.15) is 0 Å². The maximum Gasteiger partial charge on any atom is 0.273 e. The minimum absolute atomic E-state index is 0.0844. The molecule has 0 radical (unpaired) electrons. The number of hydrogen-bond donors (Lipinski definition) is 4. The highest BCUT2D eigenvalue weighted by atomic mass is 32.1. The third kappa shape index (κ3) is 3.95. The maximum atomic E-state index is 12.1. The lowest BCUT2D eigenvalue weighted by molar-refractivity contribution is 0.0941. The summed E-state index contributed by atoms with van der Waals surface area (Å²) in [4.78, 5) is 12.1. The molecule has 0 atom stereocenters. The van der Waals surface area contributed by atoms with Gasteiger partial charge in [0.25, 0.3) is 5.91 Å². The van der Waals surface area contributed by atoms with Crippen LogP contribution < -0.4 is 16.2 Å². The smallest absolute Gasteiger partial charge is 0.273 e. The number of phenols is 1. The summed E-state index contributed by atoms with van der Waals surface area (Å²) in [5, 5.41) is 14.9. The van der Waals surface area contributed by atoms with Crippen molar-refractivity contribution in [1.29, 1.82) is 0 Å². The van der Waals surface area contributed by atoms with Gasteiger partial charge in [0.2, 0.25) is 0 Å². The average Bonchev–Trinajstić information content (AvgIpc) is 2.49. The van der Waals surface area contributed by atoms with Crippen LogP contribution in [0.4, 0.5) is 0 Å². The Kier molecular flexibility index (Phi) is 4.95. The number of hydrazine groups is 1. The van der Waals surface area contributed by atoms with Crippen molar-refractivity contribution in [1.82, 2.24) is 16.2 Å². The maximum absolute atomic E-state index is 12.1. The molecule has 6 heteroatoms. The highest BCUT2D eigenvalue weighted by Crippen LogP contribution is 2.24. The van der Waals surface area contributed by atoms with Crippen LogP contribution in [0, 0.1) is 0 Å². The minimum atomic E-state index is -0.470. The molecule has 0 unspecified atom stereocenters. The second kappa shape index (κ2) is 6.91. The first-order valence-electron chi connectivity index (χ1n) is 6.67. The molecule has 22 heavy (non-hydrogen) atoms. The lowest BCUT2D eigenvalue weighted by Crippen LogP contribution is -2.47. The number of phenolic OH excluding ortho intramolecular Hbond substituents is 1. The molecular formula is C16H17N3O2S. The molecule has 0 fully saturated rings. The third-order valence-corrected chi connectivity index (χ3v) is 3.20. The predicted octanol–water partition coefficient (Wildman–Crippen LogP) is 2.23. The SMILES string of the molecule is C=C(C)CNC(=S)NNC(=O)c1cc2ccccc2cc1O. The summed E-state index contributed by atoms with van der Waals surface area (Å²) in [6.45, 7) is 6.12. The van der Waals surface area contributed by atoms with Crippen LogP contribution in [-0.2, 0) is 0 Å². The van der Waals surface area contributed by atoms with E-state index in [0.717, 1.165) is 16.3 Å². The third-order valence-electron chi connectivity index (χ3n) is 2.95. The Labute approximate surface area is 134 Å². The first kappa shape index (κ1) is 15.8. The number of amides is 1. The zero-order valence-corrected chi connectivity index (χ0v) is 13.0. The summed E-state index contributed by atoms with van der Waals surface area (Å²) >= 11 is 5.01. The molecule has 4 N–H and O–H groups in total. The van der Waals surface area contributed by atoms with E-state index in [1.165, 1.54) is 0 Å². The van der Waals surface area contributed by atoms with E-state index in [1.807, 2.05) is 31.2 Å². The molecule has 0 aliphatic carbocycles. The van der Waals surface area contributed by atoms with Gasteiger partial charge < -0.3 is 10.4 Å². The van der Waals surface area contributed by atoms with Crippen LogP contribution in [0.25, 0.3) is 10.8 Å². The number of benzene rings is 2. The van der Waals surface area contributed by atoms with Crippen LogP contribution in [0.2, 0.25) is 0 Å². The fraction of sp³-hybridized carbons (Fsp3) is 0.125. The summed E-state index contributed by atoms with van der Waals surface area (Å²) in [5.41, 5.74) is 6.12. The molecule has 2 rings (SSSR count). The Hall–Kier alpha value is -2.60. The normalized spacial score (nSPS) is 10.0. The van der Waals surface area contributed by atoms with E-state index in [9.17, 15) is 9.90 Å². The van der Waals surface area contributed by atoms with E-state index in [1.54, 1.807) is 12.1 Å². The number of thiocarbonyl (C=S) groups is 1. The molecule has 0 spiro atoms. The van der Waals surface area contributed by atoms with Gasteiger partial charge in [0.15, 0.2) is 5.11 Å². The fourth-order valence-electron chi connectivity index (χ4n) is 1.87. The Morgan fingerprint density at radius 3 is 2.50 bits per heavy atom. The predicted molar refractivity (Wildman–Crippen MR) is 91.6 cm³/mol. The van der Waals surface area contributed by atoms with Crippen LogP contribution in [-0.4, -0.2) is 22.7 Å². The van der Waals surface area contributed by atoms with Gasteiger partial charge in [-0.1, -0.05) is 36.4 Å². The van der Waals surface area contributed by atoms with Gasteiger partial charge in [-0.05, 0) is 42.0 Å². The first-order valence-corrected chi connectivity index (χ1v) is 7.08. The van der Waals surface area contributed by atoms with E-state index in [-0.39, 0.29) is 16.4 Å². The van der Waals surface area contributed by atoms with Crippen molar-refractivity contribution < 1.29 is 9.90 Å². The Balaban J connectivity index is 2.05. The molecule has 0 aromatic heterocycles. The standard InChI is InChI=1S/C16H17N3O2S/c1-10(2)9-17-16(22)19-18-15(21)13-7-11-5-3-4-6-12(11)8-14(13)20/h3-8,20H,1,9H2,2H3,(H,18,21)(H2,17,19,22). The zero-order chi connectivity index (χ0) is 16.1. The van der Waals surface area contributed by atoms with Gasteiger partial charge in [0.05, 0.1) is 5.56 Å². The minimum Gasteiger partial charge on any atom is -0.507 e. The van der Waals surface area contributed by atoms with Crippen molar-refractivity contribution >= 4 is 34.0 Å². The topological polar surface area (TPSA) is 73.4 Å². The van der Waals surface area contributed by atoms with Crippen molar-refractivity contribution in [2.45, 2.75) is 6.92 Å². The van der Waals surface area contributed by atoms with Crippen molar-refractivity contribution in [3.05, 3.63) is 54.1 Å². The second-order valence-electron chi connectivity index (χ2n) is 4.94. The summed E-state index contributed by atoms with van der Waals surface area (Å²) in [6, 6.07) is 10.7. The van der Waals surface area contributed by atoms with Crippen LogP contribution in [0.5, 0.6) is 5.75 Å². The molecule has 0 saturated heterocycles. The average molecular weight is 315 g/mol. The molecule has 0 bridgehead atoms. The molecule has 114 valence electrons. The van der Waals surface area contributed by atoms with Crippen LogP contribution in [0.15, 0.2) is 48.6 Å². The summed E-state index contributed by atoms with van der Waals surface area (Å²) in [5.74, 6) is -0.554. The number of carbonyl (C=O) groups is 1. The van der Waals surface area contributed by atoms with Gasteiger partial charge in [0, 0.05) is 6.54 Å². The molecule has 0 saturated carbocycles. The number of nitrogens with one attached hydrogen (secondary N) is 3. The van der Waals surface area contributed by atoms with E-state index < -0.39 is 5.91 Å². The van der Waals surface area contributed by atoms with Crippen LogP contribution >= 0.6 is 12.2 Å². The number of aromatic hydroxyl groups is 1. The molecule has 1 amide bonds. The number of fused-ring (bicyclic) bond motifs is 1. The number of hydrogen-bond acceptors (Lipinski definition) is 3.